The summed E-state index contributed by atoms with van der Waals surface area (Å²) in [5, 5.41) is 14.0. The first-order valence-electron chi connectivity index (χ1n) is 11.5. The molecule has 0 aliphatic rings. The SMILES string of the molecule is COc1cc(C)cc(-c2nn(CC#N)cc2-c2ccnc(-c3ccc(Oc4ccccc4)cc3)c2)c1. The van der Waals surface area contributed by atoms with E-state index in [1.807, 2.05) is 92.0 Å². The van der Waals surface area contributed by atoms with Crippen LogP contribution in [0.2, 0.25) is 0 Å². The normalized spacial score (nSPS) is 10.6. The number of rotatable bonds is 7. The van der Waals surface area contributed by atoms with Gasteiger partial charge in [0.1, 0.15) is 29.5 Å². The highest BCUT2D eigenvalue weighted by Crippen LogP contribution is 2.35. The molecule has 5 aromatic rings. The number of nitrogens with zero attached hydrogens (tertiary/aromatic N) is 4. The Morgan fingerprint density at radius 1 is 0.833 bits per heavy atom. The molecule has 36 heavy (non-hydrogen) atoms. The second-order valence-electron chi connectivity index (χ2n) is 8.36. The summed E-state index contributed by atoms with van der Waals surface area (Å²) in [6.07, 6.45) is 3.70. The van der Waals surface area contributed by atoms with E-state index in [4.69, 9.17) is 14.6 Å². The molecule has 0 fully saturated rings. The van der Waals surface area contributed by atoms with Gasteiger partial charge in [-0.2, -0.15) is 10.4 Å². The van der Waals surface area contributed by atoms with Gasteiger partial charge in [0.2, 0.25) is 0 Å². The first-order chi connectivity index (χ1) is 17.6. The zero-order valence-corrected chi connectivity index (χ0v) is 20.1. The third kappa shape index (κ3) is 4.96. The highest BCUT2D eigenvalue weighted by molar-refractivity contribution is 5.82. The maximum absolute atomic E-state index is 9.24. The molecule has 0 saturated carbocycles. The van der Waals surface area contributed by atoms with Gasteiger partial charge in [-0.15, -0.1) is 0 Å². The Hall–Kier alpha value is -4.89. The molecule has 0 unspecified atom stereocenters. The Labute approximate surface area is 210 Å². The van der Waals surface area contributed by atoms with Gasteiger partial charge < -0.3 is 9.47 Å². The standard InChI is InChI=1S/C30H24N4O2/c1-21-16-24(18-27(17-21)35-2)30-28(20-34(33-30)15-13-31)23-12-14-32-29(19-23)22-8-10-26(11-9-22)36-25-6-4-3-5-7-25/h3-12,14,16-20H,15H2,1-2H3. The number of benzene rings is 3. The summed E-state index contributed by atoms with van der Waals surface area (Å²) < 4.78 is 13.0. The molecule has 3 aromatic carbocycles. The van der Waals surface area contributed by atoms with Crippen molar-refractivity contribution >= 4 is 0 Å². The molecular weight excluding hydrogens is 448 g/mol. The number of para-hydroxylation sites is 1. The molecule has 5 rings (SSSR count). The highest BCUT2D eigenvalue weighted by atomic mass is 16.5. The summed E-state index contributed by atoms with van der Waals surface area (Å²) in [6.45, 7) is 2.18. The van der Waals surface area contributed by atoms with E-state index in [1.165, 1.54) is 0 Å². The molecule has 0 N–H and O–H groups in total. The van der Waals surface area contributed by atoms with Crippen molar-refractivity contribution < 1.29 is 9.47 Å². The molecular formula is C30H24N4O2. The number of ether oxygens (including phenoxy) is 2. The minimum absolute atomic E-state index is 0.163. The van der Waals surface area contributed by atoms with Crippen molar-refractivity contribution in [2.24, 2.45) is 0 Å². The average Bonchev–Trinajstić information content (AvgIpc) is 3.34. The second-order valence-corrected chi connectivity index (χ2v) is 8.36. The number of nitriles is 1. The molecule has 0 spiro atoms. The smallest absolute Gasteiger partial charge is 0.128 e. The van der Waals surface area contributed by atoms with Crippen molar-refractivity contribution in [2.75, 3.05) is 7.11 Å². The number of hydrogen-bond donors (Lipinski definition) is 0. The van der Waals surface area contributed by atoms with E-state index in [1.54, 1.807) is 18.0 Å². The summed E-state index contributed by atoms with van der Waals surface area (Å²) in [4.78, 5) is 4.60. The second kappa shape index (κ2) is 10.2. The van der Waals surface area contributed by atoms with Gasteiger partial charge in [0, 0.05) is 29.1 Å². The summed E-state index contributed by atoms with van der Waals surface area (Å²) in [5.41, 5.74) is 6.48. The van der Waals surface area contributed by atoms with Gasteiger partial charge in [-0.1, -0.05) is 18.2 Å². The minimum atomic E-state index is 0.163. The van der Waals surface area contributed by atoms with Gasteiger partial charge >= 0.3 is 0 Å². The quantitative estimate of drug-likeness (QED) is 0.257. The topological polar surface area (TPSA) is 73.0 Å². The van der Waals surface area contributed by atoms with Crippen LogP contribution in [0.5, 0.6) is 17.2 Å². The van der Waals surface area contributed by atoms with E-state index in [0.717, 1.165) is 56.5 Å². The predicted octanol–water partition coefficient (Wildman–Crippen LogP) is 6.91. The molecule has 0 bridgehead atoms. The molecule has 2 heterocycles. The number of hydrogen-bond acceptors (Lipinski definition) is 5. The zero-order chi connectivity index (χ0) is 24.9. The lowest BCUT2D eigenvalue weighted by molar-refractivity contribution is 0.414. The Kier molecular flexibility index (Phi) is 6.46. The molecule has 176 valence electrons. The molecule has 0 atom stereocenters. The monoisotopic (exact) mass is 472 g/mol. The Morgan fingerprint density at radius 3 is 2.36 bits per heavy atom. The van der Waals surface area contributed by atoms with Crippen LogP contribution in [0.25, 0.3) is 33.6 Å². The third-order valence-corrected chi connectivity index (χ3v) is 5.75. The average molecular weight is 473 g/mol. The van der Waals surface area contributed by atoms with Crippen LogP contribution >= 0.6 is 0 Å². The summed E-state index contributed by atoms with van der Waals surface area (Å²) in [6, 6.07) is 29.7. The van der Waals surface area contributed by atoms with Gasteiger partial charge in [0.25, 0.3) is 0 Å². The highest BCUT2D eigenvalue weighted by Gasteiger charge is 2.16. The van der Waals surface area contributed by atoms with Crippen LogP contribution in [0.4, 0.5) is 0 Å². The van der Waals surface area contributed by atoms with E-state index in [0.29, 0.717) is 0 Å². The van der Waals surface area contributed by atoms with Crippen LogP contribution in [0.15, 0.2) is 97.3 Å². The van der Waals surface area contributed by atoms with Crippen molar-refractivity contribution in [2.45, 2.75) is 13.5 Å². The minimum Gasteiger partial charge on any atom is -0.497 e. The molecule has 0 amide bonds. The fraction of sp³-hybridized carbons (Fsp3) is 0.100. The Balaban J connectivity index is 1.50. The summed E-state index contributed by atoms with van der Waals surface area (Å²) in [7, 11) is 1.65. The fourth-order valence-electron chi connectivity index (χ4n) is 4.08. The van der Waals surface area contributed by atoms with Gasteiger partial charge in [0.15, 0.2) is 0 Å². The van der Waals surface area contributed by atoms with E-state index in [2.05, 4.69) is 17.1 Å². The lowest BCUT2D eigenvalue weighted by Crippen LogP contribution is -1.95. The van der Waals surface area contributed by atoms with Crippen LogP contribution in [-0.4, -0.2) is 21.9 Å². The van der Waals surface area contributed by atoms with Crippen LogP contribution in [0.1, 0.15) is 5.56 Å². The summed E-state index contributed by atoms with van der Waals surface area (Å²) >= 11 is 0. The third-order valence-electron chi connectivity index (χ3n) is 5.75. The number of methoxy groups -OCH3 is 1. The van der Waals surface area contributed by atoms with Crippen molar-refractivity contribution in [1.82, 2.24) is 14.8 Å². The van der Waals surface area contributed by atoms with Crippen LogP contribution < -0.4 is 9.47 Å². The number of pyridine rings is 1. The van der Waals surface area contributed by atoms with Crippen molar-refractivity contribution in [3.8, 4) is 57.0 Å². The fourth-order valence-corrected chi connectivity index (χ4v) is 4.08. The van der Waals surface area contributed by atoms with Crippen molar-refractivity contribution in [3.63, 3.8) is 0 Å². The molecule has 6 heteroatoms. The van der Waals surface area contributed by atoms with E-state index in [9.17, 15) is 5.26 Å². The van der Waals surface area contributed by atoms with Gasteiger partial charge in [-0.05, 0) is 84.8 Å². The molecule has 0 saturated heterocycles. The molecule has 0 aliphatic heterocycles. The van der Waals surface area contributed by atoms with Crippen LogP contribution in [0.3, 0.4) is 0 Å². The zero-order valence-electron chi connectivity index (χ0n) is 20.1. The molecule has 2 aromatic heterocycles. The van der Waals surface area contributed by atoms with Crippen molar-refractivity contribution in [3.05, 3.63) is 103 Å². The van der Waals surface area contributed by atoms with Gasteiger partial charge in [0.05, 0.1) is 18.9 Å². The molecule has 0 aliphatic carbocycles. The Bertz CT molecular complexity index is 1530. The maximum atomic E-state index is 9.24. The largest absolute Gasteiger partial charge is 0.497 e. The predicted molar refractivity (Wildman–Crippen MR) is 140 cm³/mol. The first-order valence-corrected chi connectivity index (χ1v) is 11.5. The van der Waals surface area contributed by atoms with E-state index >= 15 is 0 Å². The number of aromatic nitrogens is 3. The lowest BCUT2D eigenvalue weighted by atomic mass is 9.99. The Morgan fingerprint density at radius 2 is 1.61 bits per heavy atom. The molecule has 6 nitrogen and oxygen atoms in total. The van der Waals surface area contributed by atoms with E-state index in [-0.39, 0.29) is 6.54 Å². The van der Waals surface area contributed by atoms with Crippen LogP contribution in [-0.2, 0) is 6.54 Å². The summed E-state index contributed by atoms with van der Waals surface area (Å²) in [5.74, 6) is 2.31. The lowest BCUT2D eigenvalue weighted by Gasteiger charge is -2.09. The van der Waals surface area contributed by atoms with Gasteiger partial charge in [-0.25, -0.2) is 0 Å². The molecule has 0 radical (unpaired) electrons. The van der Waals surface area contributed by atoms with Crippen molar-refractivity contribution in [1.29, 1.82) is 5.26 Å². The van der Waals surface area contributed by atoms with E-state index < -0.39 is 0 Å². The number of aryl methyl sites for hydroxylation is 1. The van der Waals surface area contributed by atoms with Gasteiger partial charge in [-0.3, -0.25) is 9.67 Å². The first kappa shape index (κ1) is 22.9. The van der Waals surface area contributed by atoms with Crippen LogP contribution in [0, 0.1) is 18.3 Å². The maximum Gasteiger partial charge on any atom is 0.128 e.